The van der Waals surface area contributed by atoms with Gasteiger partial charge in [0.05, 0.1) is 6.54 Å². The van der Waals surface area contributed by atoms with Crippen LogP contribution < -0.4 is 4.74 Å². The van der Waals surface area contributed by atoms with Gasteiger partial charge in [-0.3, -0.25) is 4.90 Å². The van der Waals surface area contributed by atoms with E-state index in [0.29, 0.717) is 12.6 Å². The second-order valence-corrected chi connectivity index (χ2v) is 7.25. The summed E-state index contributed by atoms with van der Waals surface area (Å²) in [7, 11) is 0. The first-order chi connectivity index (χ1) is 11.7. The van der Waals surface area contributed by atoms with E-state index in [-0.39, 0.29) is 18.1 Å². The Hall–Kier alpha value is -1.57. The van der Waals surface area contributed by atoms with E-state index in [1.165, 1.54) is 6.07 Å². The lowest BCUT2D eigenvalue weighted by atomic mass is 10.0. The van der Waals surface area contributed by atoms with Crippen LogP contribution in [0.3, 0.4) is 0 Å². The van der Waals surface area contributed by atoms with Crippen LogP contribution in [0.2, 0.25) is 0 Å². The Labute approximate surface area is 144 Å². The molecule has 0 amide bonds. The molecule has 2 aliphatic rings. The zero-order chi connectivity index (χ0) is 16.5. The first kappa shape index (κ1) is 15.9. The number of fused-ring (bicyclic) bond motifs is 1. The van der Waals surface area contributed by atoms with E-state index in [4.69, 9.17) is 9.47 Å². The molecule has 7 heteroatoms. The first-order valence-corrected chi connectivity index (χ1v) is 9.12. The molecule has 0 aliphatic carbocycles. The number of rotatable bonds is 4. The molecule has 24 heavy (non-hydrogen) atoms. The van der Waals surface area contributed by atoms with E-state index in [1.807, 2.05) is 6.92 Å². The maximum atomic E-state index is 13.9. The molecule has 4 heterocycles. The smallest absolute Gasteiger partial charge is 0.250 e. The van der Waals surface area contributed by atoms with Crippen molar-refractivity contribution in [1.29, 1.82) is 0 Å². The molecule has 0 saturated carbocycles. The highest BCUT2D eigenvalue weighted by atomic mass is 32.1. The minimum Gasteiger partial charge on any atom is -0.468 e. The van der Waals surface area contributed by atoms with E-state index >= 15 is 0 Å². The Morgan fingerprint density at radius 1 is 1.50 bits per heavy atom. The fraction of sp³-hybridized carbons (Fsp3) is 0.529. The maximum Gasteiger partial charge on any atom is 0.250 e. The Kier molecular flexibility index (Phi) is 4.47. The summed E-state index contributed by atoms with van der Waals surface area (Å²) < 4.78 is 25.7. The van der Waals surface area contributed by atoms with Gasteiger partial charge in [0.25, 0.3) is 5.88 Å². The Morgan fingerprint density at radius 2 is 2.42 bits per heavy atom. The van der Waals surface area contributed by atoms with Gasteiger partial charge in [-0.25, -0.2) is 14.4 Å². The molecule has 2 saturated heterocycles. The van der Waals surface area contributed by atoms with E-state index in [2.05, 4.69) is 20.2 Å². The third-order valence-corrected chi connectivity index (χ3v) is 5.53. The van der Waals surface area contributed by atoms with Crippen LogP contribution in [-0.4, -0.2) is 46.3 Å². The number of aromatic nitrogens is 2. The van der Waals surface area contributed by atoms with Crippen molar-refractivity contribution in [3.8, 4) is 5.88 Å². The Bertz CT molecular complexity index is 711. The molecule has 128 valence electrons. The molecule has 5 nitrogen and oxygen atoms in total. The monoisotopic (exact) mass is 349 g/mol. The summed E-state index contributed by atoms with van der Waals surface area (Å²) in [5.74, 6) is -0.374. The van der Waals surface area contributed by atoms with Crippen LogP contribution in [0.1, 0.15) is 23.5 Å². The Morgan fingerprint density at radius 3 is 3.21 bits per heavy atom. The molecule has 2 aromatic rings. The average Bonchev–Trinajstić information content (AvgIpc) is 3.15. The lowest BCUT2D eigenvalue weighted by molar-refractivity contribution is -0.0486. The first-order valence-electron chi connectivity index (χ1n) is 8.24. The molecule has 0 N–H and O–H groups in total. The summed E-state index contributed by atoms with van der Waals surface area (Å²) >= 11 is 1.68. The van der Waals surface area contributed by atoms with Crippen LogP contribution in [-0.2, 0) is 11.3 Å². The number of aryl methyl sites for hydroxylation is 1. The van der Waals surface area contributed by atoms with Gasteiger partial charge in [-0.05, 0) is 31.9 Å². The molecule has 0 spiro atoms. The highest BCUT2D eigenvalue weighted by Gasteiger charge is 2.45. The predicted molar refractivity (Wildman–Crippen MR) is 88.6 cm³/mol. The van der Waals surface area contributed by atoms with Gasteiger partial charge in [-0.2, -0.15) is 0 Å². The fourth-order valence-electron chi connectivity index (χ4n) is 3.54. The number of ether oxygens (including phenoxy) is 2. The van der Waals surface area contributed by atoms with E-state index in [0.717, 1.165) is 36.7 Å². The second-order valence-electron chi connectivity index (χ2n) is 6.30. The third kappa shape index (κ3) is 3.16. The van der Waals surface area contributed by atoms with E-state index in [9.17, 15) is 4.39 Å². The van der Waals surface area contributed by atoms with Gasteiger partial charge in [0, 0.05) is 36.5 Å². The predicted octanol–water partition coefficient (Wildman–Crippen LogP) is 2.80. The van der Waals surface area contributed by atoms with Crippen LogP contribution in [0.5, 0.6) is 5.88 Å². The van der Waals surface area contributed by atoms with Crippen molar-refractivity contribution in [2.75, 3.05) is 13.2 Å². The summed E-state index contributed by atoms with van der Waals surface area (Å²) in [5, 5.41) is 3.17. The number of halogens is 1. The highest BCUT2D eigenvalue weighted by Crippen LogP contribution is 2.33. The Balaban J connectivity index is 1.51. The maximum absolute atomic E-state index is 13.9. The molecule has 2 aromatic heterocycles. The van der Waals surface area contributed by atoms with Crippen molar-refractivity contribution in [3.05, 3.63) is 40.2 Å². The minimum absolute atomic E-state index is 0.0405. The van der Waals surface area contributed by atoms with Gasteiger partial charge in [-0.15, -0.1) is 11.3 Å². The fourth-order valence-corrected chi connectivity index (χ4v) is 4.34. The van der Waals surface area contributed by atoms with Gasteiger partial charge in [-0.1, -0.05) is 0 Å². The molecule has 0 unspecified atom stereocenters. The van der Waals surface area contributed by atoms with Crippen molar-refractivity contribution >= 4 is 11.3 Å². The number of thiazole rings is 1. The minimum atomic E-state index is -0.432. The number of hydrogen-bond acceptors (Lipinski definition) is 6. The molecule has 2 fully saturated rings. The summed E-state index contributed by atoms with van der Waals surface area (Å²) in [6.07, 6.45) is 3.41. The number of hydrogen-bond donors (Lipinski definition) is 0. The largest absolute Gasteiger partial charge is 0.468 e. The highest BCUT2D eigenvalue weighted by molar-refractivity contribution is 7.09. The van der Waals surface area contributed by atoms with Crippen LogP contribution >= 0.6 is 11.3 Å². The summed E-state index contributed by atoms with van der Waals surface area (Å²) in [4.78, 5) is 10.9. The molecule has 0 bridgehead atoms. The average molecular weight is 349 g/mol. The van der Waals surface area contributed by atoms with Crippen molar-refractivity contribution < 1.29 is 13.9 Å². The van der Waals surface area contributed by atoms with Crippen LogP contribution in [0, 0.1) is 12.7 Å². The normalized spacial score (nSPS) is 27.2. The van der Waals surface area contributed by atoms with Crippen LogP contribution in [0.4, 0.5) is 4.39 Å². The SMILES string of the molecule is Cc1csc(CN2C[C@@H](Oc3ncccc3F)[C@H]3OCCC[C@H]32)n1. The van der Waals surface area contributed by atoms with Gasteiger partial charge >= 0.3 is 0 Å². The van der Waals surface area contributed by atoms with Crippen molar-refractivity contribution in [3.63, 3.8) is 0 Å². The lowest BCUT2D eigenvalue weighted by Crippen LogP contribution is -2.42. The molecular formula is C17H20FN3O2S. The topological polar surface area (TPSA) is 47.5 Å². The zero-order valence-corrected chi connectivity index (χ0v) is 14.3. The van der Waals surface area contributed by atoms with Crippen LogP contribution in [0.15, 0.2) is 23.7 Å². The van der Waals surface area contributed by atoms with Crippen LogP contribution in [0.25, 0.3) is 0 Å². The van der Waals surface area contributed by atoms with Crippen molar-refractivity contribution in [2.45, 2.75) is 44.6 Å². The second kappa shape index (κ2) is 6.74. The summed E-state index contributed by atoms with van der Waals surface area (Å²) in [6, 6.07) is 3.22. The molecule has 4 rings (SSSR count). The molecule has 0 aromatic carbocycles. The number of likely N-dealkylation sites (tertiary alicyclic amines) is 1. The van der Waals surface area contributed by atoms with E-state index in [1.54, 1.807) is 23.6 Å². The van der Waals surface area contributed by atoms with Crippen molar-refractivity contribution in [1.82, 2.24) is 14.9 Å². The van der Waals surface area contributed by atoms with E-state index < -0.39 is 5.82 Å². The quantitative estimate of drug-likeness (QED) is 0.849. The summed E-state index contributed by atoms with van der Waals surface area (Å²) in [5.41, 5.74) is 1.05. The molecule has 3 atom stereocenters. The molecular weight excluding hydrogens is 329 g/mol. The molecule has 2 aliphatic heterocycles. The molecule has 0 radical (unpaired) electrons. The summed E-state index contributed by atoms with van der Waals surface area (Å²) in [6.45, 7) is 4.22. The van der Waals surface area contributed by atoms with Gasteiger partial charge in [0.15, 0.2) is 5.82 Å². The number of nitrogens with zero attached hydrogens (tertiary/aromatic N) is 3. The van der Waals surface area contributed by atoms with Gasteiger partial charge in [0.2, 0.25) is 0 Å². The van der Waals surface area contributed by atoms with Gasteiger partial charge < -0.3 is 9.47 Å². The van der Waals surface area contributed by atoms with Crippen molar-refractivity contribution in [2.24, 2.45) is 0 Å². The van der Waals surface area contributed by atoms with Gasteiger partial charge in [0.1, 0.15) is 17.2 Å². The zero-order valence-electron chi connectivity index (χ0n) is 13.5. The standard InChI is InChI=1S/C17H20FN3O2S/c1-11-10-24-15(20-11)9-21-8-14(16-13(21)5-3-7-22-16)23-17-12(18)4-2-6-19-17/h2,4,6,10,13-14,16H,3,5,7-9H2,1H3/t13-,14-,16+/m1/s1. The lowest BCUT2D eigenvalue weighted by Gasteiger charge is -2.31. The number of pyridine rings is 1. The third-order valence-electron chi connectivity index (χ3n) is 4.58.